The Morgan fingerprint density at radius 1 is 1.11 bits per heavy atom. The zero-order valence-electron chi connectivity index (χ0n) is 14.4. The van der Waals surface area contributed by atoms with Crippen LogP contribution >= 0.6 is 7.14 Å². The monoisotopic (exact) mass is 404 g/mol. The maximum Gasteiger partial charge on any atom is 0.326 e. The number of amides is 1. The summed E-state index contributed by atoms with van der Waals surface area (Å²) in [4.78, 5) is 23.8. The van der Waals surface area contributed by atoms with Crippen molar-refractivity contribution in [2.75, 3.05) is 0 Å². The van der Waals surface area contributed by atoms with Crippen LogP contribution in [-0.2, 0) is 20.6 Å². The van der Waals surface area contributed by atoms with Gasteiger partial charge < -0.3 is 36.0 Å². The number of hydrogen-bond donors (Lipinski definition) is 6. The van der Waals surface area contributed by atoms with Gasteiger partial charge in [-0.05, 0) is 35.8 Å². The van der Waals surface area contributed by atoms with Crippen LogP contribution in [0.2, 0.25) is 0 Å². The number of allylic oxidation sites excluding steroid dienone is 4. The number of carboxylic acids is 1. The Bertz CT molecular complexity index is 1090. The van der Waals surface area contributed by atoms with Gasteiger partial charge in [-0.3, -0.25) is 4.79 Å². The zero-order chi connectivity index (χ0) is 20.4. The smallest absolute Gasteiger partial charge is 0.326 e. The summed E-state index contributed by atoms with van der Waals surface area (Å²) in [6.07, 6.45) is 1.55. The Kier molecular flexibility index (Phi) is 3.92. The number of aliphatic hydroxyl groups is 1. The molecular weight excluding hydrogens is 387 g/mol. The van der Waals surface area contributed by atoms with Crippen molar-refractivity contribution in [2.45, 2.75) is 24.9 Å². The van der Waals surface area contributed by atoms with Gasteiger partial charge in [0, 0.05) is 11.7 Å². The number of aromatic hydroxyl groups is 2. The van der Waals surface area contributed by atoms with Crippen molar-refractivity contribution in [1.82, 2.24) is 5.32 Å². The first kappa shape index (κ1) is 18.3. The molecule has 0 radical (unpaired) electrons. The highest BCUT2D eigenvalue weighted by Gasteiger charge is 2.67. The van der Waals surface area contributed by atoms with Crippen molar-refractivity contribution < 1.29 is 34.6 Å². The number of carbonyl (C=O) groups excluding carboxylic acids is 1. The van der Waals surface area contributed by atoms with Crippen LogP contribution in [0, 0.1) is 0 Å². The van der Waals surface area contributed by atoms with Crippen LogP contribution < -0.4 is 11.1 Å². The molecule has 0 aliphatic carbocycles. The number of rotatable bonds is 7. The first-order valence-corrected chi connectivity index (χ1v) is 10.2. The summed E-state index contributed by atoms with van der Waals surface area (Å²) in [5.74, 6) is -2.63. The van der Waals surface area contributed by atoms with Crippen LogP contribution in [0.5, 0.6) is 11.5 Å². The number of phenolic OH excluding ortho intramolecular Hbond substituents is 2. The largest absolute Gasteiger partial charge is 0.506 e. The third-order valence-corrected chi connectivity index (χ3v) is 8.10. The fraction of sp³-hybridized carbons (Fsp3) is 0.222. The molecule has 146 valence electrons. The highest BCUT2D eigenvalue weighted by molar-refractivity contribution is 7.86. The van der Waals surface area contributed by atoms with E-state index in [0.29, 0.717) is 27.1 Å². The van der Waals surface area contributed by atoms with Crippen LogP contribution in [0.3, 0.4) is 0 Å². The maximum absolute atomic E-state index is 12.4. The van der Waals surface area contributed by atoms with Gasteiger partial charge in [-0.1, -0.05) is 6.07 Å². The van der Waals surface area contributed by atoms with E-state index >= 15 is 0 Å². The lowest BCUT2D eigenvalue weighted by Crippen LogP contribution is -2.49. The Labute approximate surface area is 158 Å². The second-order valence-corrected chi connectivity index (χ2v) is 9.54. The van der Waals surface area contributed by atoms with Crippen LogP contribution in [-0.4, -0.2) is 44.4 Å². The molecule has 1 aromatic carbocycles. The first-order valence-electron chi connectivity index (χ1n) is 8.44. The van der Waals surface area contributed by atoms with E-state index in [2.05, 4.69) is 5.32 Å². The molecule has 28 heavy (non-hydrogen) atoms. The van der Waals surface area contributed by atoms with Gasteiger partial charge >= 0.3 is 5.97 Å². The Balaban J connectivity index is 1.40. The average molecular weight is 404 g/mol. The fourth-order valence-electron chi connectivity index (χ4n) is 3.59. The number of phenols is 2. The maximum atomic E-state index is 12.4. The molecule has 0 bridgehead atoms. The lowest BCUT2D eigenvalue weighted by atomic mass is 10.0. The molecule has 0 spiro atoms. The normalized spacial score (nSPS) is 23.5. The molecule has 0 fully saturated rings. The molecular formula is C18H17N2O7P. The van der Waals surface area contributed by atoms with Gasteiger partial charge in [-0.2, -0.15) is 0 Å². The van der Waals surface area contributed by atoms with E-state index in [1.807, 2.05) is 0 Å². The lowest BCUT2D eigenvalue weighted by Gasteiger charge is -2.18. The van der Waals surface area contributed by atoms with E-state index in [-0.39, 0.29) is 24.4 Å². The first-order chi connectivity index (χ1) is 13.1. The fourth-order valence-corrected chi connectivity index (χ4v) is 6.62. The van der Waals surface area contributed by atoms with Gasteiger partial charge in [0.05, 0.1) is 16.7 Å². The summed E-state index contributed by atoms with van der Waals surface area (Å²) < 4.78 is 12.4. The molecule has 1 aromatic rings. The number of nitrogens with two attached hydrogens (primary N) is 1. The van der Waals surface area contributed by atoms with E-state index in [4.69, 9.17) is 5.73 Å². The van der Waals surface area contributed by atoms with Gasteiger partial charge in [0.2, 0.25) is 5.91 Å². The molecule has 3 heterocycles. The van der Waals surface area contributed by atoms with Gasteiger partial charge in [0.25, 0.3) is 0 Å². The van der Waals surface area contributed by atoms with Crippen molar-refractivity contribution in [3.63, 3.8) is 0 Å². The molecule has 0 saturated heterocycles. The average Bonchev–Trinajstić information content (AvgIpc) is 3.11. The van der Waals surface area contributed by atoms with Crippen molar-refractivity contribution in [3.8, 4) is 11.5 Å². The second kappa shape index (κ2) is 5.98. The van der Waals surface area contributed by atoms with E-state index in [9.17, 15) is 34.6 Å². The minimum absolute atomic E-state index is 0.0585. The summed E-state index contributed by atoms with van der Waals surface area (Å²) in [6, 6.07) is 1.54. The van der Waals surface area contributed by atoms with Gasteiger partial charge in [0.15, 0.2) is 18.6 Å². The summed E-state index contributed by atoms with van der Waals surface area (Å²) >= 11 is 0. The van der Waals surface area contributed by atoms with Crippen molar-refractivity contribution in [3.05, 3.63) is 57.1 Å². The zero-order valence-corrected chi connectivity index (χ0v) is 15.3. The molecule has 1 unspecified atom stereocenters. The van der Waals surface area contributed by atoms with Crippen molar-refractivity contribution >= 4 is 19.0 Å². The predicted molar refractivity (Wildman–Crippen MR) is 98.0 cm³/mol. The topological polar surface area (TPSA) is 170 Å². The Morgan fingerprint density at radius 2 is 1.82 bits per heavy atom. The Morgan fingerprint density at radius 3 is 2.36 bits per heavy atom. The van der Waals surface area contributed by atoms with E-state index in [1.54, 1.807) is 6.08 Å². The highest BCUT2D eigenvalue weighted by Crippen LogP contribution is 2.95. The molecule has 3 atom stereocenters. The van der Waals surface area contributed by atoms with Gasteiger partial charge in [-0.15, -0.1) is 0 Å². The molecule has 1 amide bonds. The van der Waals surface area contributed by atoms with Crippen LogP contribution in [0.15, 0.2) is 51.5 Å². The SMILES string of the molecule is N[C@@H](CC1=CC2=C(O)C3=C1P23=O)C(=O)N[C@@H](Cc1ccc(O)c(O)c1)C(=O)O. The highest BCUT2D eigenvalue weighted by atomic mass is 31.2. The molecule has 10 heteroatoms. The van der Waals surface area contributed by atoms with Gasteiger partial charge in [-0.25, -0.2) is 4.79 Å². The number of benzene rings is 1. The van der Waals surface area contributed by atoms with Crippen molar-refractivity contribution in [2.24, 2.45) is 5.73 Å². The number of hydrogen-bond acceptors (Lipinski definition) is 7. The number of carboxylic acid groups (broad SMARTS) is 1. The van der Waals surface area contributed by atoms with E-state index < -0.39 is 36.9 Å². The number of aliphatic hydroxyl groups excluding tert-OH is 1. The predicted octanol–water partition coefficient (Wildman–Crippen LogP) is 1.24. The van der Waals surface area contributed by atoms with Crippen LogP contribution in [0.1, 0.15) is 12.0 Å². The van der Waals surface area contributed by atoms with E-state index in [1.165, 1.54) is 18.2 Å². The van der Waals surface area contributed by atoms with Crippen molar-refractivity contribution in [1.29, 1.82) is 0 Å². The molecule has 3 aliphatic rings. The van der Waals surface area contributed by atoms with Gasteiger partial charge in [0.1, 0.15) is 11.8 Å². The molecule has 7 N–H and O–H groups in total. The third kappa shape index (κ3) is 2.55. The molecule has 0 saturated carbocycles. The Hall–Kier alpha value is -3.03. The summed E-state index contributed by atoms with van der Waals surface area (Å²) in [6.45, 7) is 0. The quantitative estimate of drug-likeness (QED) is 0.291. The molecule has 3 aliphatic heterocycles. The van der Waals surface area contributed by atoms with Crippen LogP contribution in [0.25, 0.3) is 0 Å². The molecule has 0 aromatic heterocycles. The number of aliphatic carboxylic acids is 1. The minimum Gasteiger partial charge on any atom is -0.506 e. The van der Waals surface area contributed by atoms with E-state index in [0.717, 1.165) is 0 Å². The summed E-state index contributed by atoms with van der Waals surface area (Å²) in [5.41, 5.74) is 6.94. The summed E-state index contributed by atoms with van der Waals surface area (Å²) in [5, 5.41) is 41.7. The lowest BCUT2D eigenvalue weighted by molar-refractivity contribution is -0.141. The third-order valence-electron chi connectivity index (χ3n) is 5.10. The number of nitrogens with one attached hydrogen (secondary N) is 1. The molecule has 4 rings (SSSR count). The molecule has 9 nitrogen and oxygen atoms in total. The summed E-state index contributed by atoms with van der Waals surface area (Å²) in [7, 11) is -2.62. The minimum atomic E-state index is -2.62. The standard InChI is InChI=1S/C18H17N2O7P/c19-9(5-8-6-13-14(23)16-15(8)28(13,16)27)17(24)20-10(18(25)26)3-7-1-2-11(21)12(22)4-7/h1-2,4,6,9-10,21-23H,3,5,19H2,(H,20,24)(H,25,26)/t9-,10-,28?/m0/s1. The van der Waals surface area contributed by atoms with Crippen LogP contribution in [0.4, 0.5) is 0 Å². The number of carbonyl (C=O) groups is 2. The second-order valence-electron chi connectivity index (χ2n) is 6.95.